The summed E-state index contributed by atoms with van der Waals surface area (Å²) in [6, 6.07) is 0.373. The smallest absolute Gasteiger partial charge is 0.213 e. The molecule has 0 saturated carbocycles. The average Bonchev–Trinajstić information content (AvgIpc) is 2.49. The Morgan fingerprint density at radius 2 is 1.79 bits per heavy atom. The monoisotopic (exact) mass is 476 g/mol. The summed E-state index contributed by atoms with van der Waals surface area (Å²) in [4.78, 5) is 4.53. The molecule has 0 radical (unpaired) electrons. The van der Waals surface area contributed by atoms with Crippen molar-refractivity contribution in [2.24, 2.45) is 10.9 Å². The van der Waals surface area contributed by atoms with E-state index in [4.69, 9.17) is 0 Å². The molecule has 0 aliphatic heterocycles. The molecule has 6 nitrogen and oxygen atoms in total. The van der Waals surface area contributed by atoms with Crippen molar-refractivity contribution in [1.82, 2.24) is 14.9 Å². The number of hydrogen-bond acceptors (Lipinski definition) is 3. The molecule has 0 rings (SSSR count). The fraction of sp³-hybridized carbons (Fsp3) is 0.938. The van der Waals surface area contributed by atoms with E-state index in [2.05, 4.69) is 36.4 Å². The summed E-state index contributed by atoms with van der Waals surface area (Å²) in [6.45, 7) is 12.2. The Morgan fingerprint density at radius 1 is 1.17 bits per heavy atom. The summed E-state index contributed by atoms with van der Waals surface area (Å²) in [6.07, 6.45) is 3.01. The molecule has 0 saturated heterocycles. The standard InChI is InChI=1S/C16H36N4O2S.HI/c1-7-17-16(19-15(5)11-10-14(3)4)18-12-9-13-20(6)23(21,22)8-2;/h14-15H,7-13H2,1-6H3,(H2,17,18,19);1H. The Balaban J connectivity index is 0. The van der Waals surface area contributed by atoms with E-state index in [1.54, 1.807) is 14.0 Å². The summed E-state index contributed by atoms with van der Waals surface area (Å²) in [5.41, 5.74) is 0. The van der Waals surface area contributed by atoms with Gasteiger partial charge in [0.2, 0.25) is 10.0 Å². The number of hydrogen-bond donors (Lipinski definition) is 2. The van der Waals surface area contributed by atoms with Gasteiger partial charge in [-0.05, 0) is 46.0 Å². The van der Waals surface area contributed by atoms with Crippen LogP contribution < -0.4 is 10.6 Å². The van der Waals surface area contributed by atoms with Crippen molar-refractivity contribution in [3.8, 4) is 0 Å². The molecule has 0 fully saturated rings. The van der Waals surface area contributed by atoms with Gasteiger partial charge in [-0.3, -0.25) is 4.99 Å². The van der Waals surface area contributed by atoms with E-state index in [0.29, 0.717) is 31.5 Å². The van der Waals surface area contributed by atoms with E-state index >= 15 is 0 Å². The molecule has 0 aromatic heterocycles. The van der Waals surface area contributed by atoms with Gasteiger partial charge in [0.15, 0.2) is 5.96 Å². The van der Waals surface area contributed by atoms with Crippen LogP contribution in [0.4, 0.5) is 0 Å². The molecule has 24 heavy (non-hydrogen) atoms. The highest BCUT2D eigenvalue weighted by Crippen LogP contribution is 2.06. The number of nitrogens with one attached hydrogen (secondary N) is 2. The second-order valence-electron chi connectivity index (χ2n) is 6.35. The van der Waals surface area contributed by atoms with Crippen molar-refractivity contribution in [2.75, 3.05) is 32.4 Å². The van der Waals surface area contributed by atoms with Crippen molar-refractivity contribution >= 4 is 40.0 Å². The SMILES string of the molecule is CCNC(=NCCCN(C)S(=O)(=O)CC)NC(C)CCC(C)C.I. The number of sulfonamides is 1. The van der Waals surface area contributed by atoms with E-state index in [0.717, 1.165) is 18.9 Å². The second kappa shape index (κ2) is 14.1. The molecule has 0 aliphatic rings. The maximum atomic E-state index is 11.7. The largest absolute Gasteiger partial charge is 0.357 e. The van der Waals surface area contributed by atoms with Crippen LogP contribution in [-0.2, 0) is 10.0 Å². The molecule has 1 unspecified atom stereocenters. The maximum Gasteiger partial charge on any atom is 0.213 e. The van der Waals surface area contributed by atoms with E-state index in [9.17, 15) is 8.42 Å². The van der Waals surface area contributed by atoms with Gasteiger partial charge in [-0.25, -0.2) is 12.7 Å². The lowest BCUT2D eigenvalue weighted by atomic mass is 10.0. The summed E-state index contributed by atoms with van der Waals surface area (Å²) >= 11 is 0. The summed E-state index contributed by atoms with van der Waals surface area (Å²) in [5.74, 6) is 1.66. The number of rotatable bonds is 11. The topological polar surface area (TPSA) is 73.8 Å². The minimum Gasteiger partial charge on any atom is -0.357 e. The van der Waals surface area contributed by atoms with E-state index in [1.807, 2.05) is 6.92 Å². The van der Waals surface area contributed by atoms with E-state index in [-0.39, 0.29) is 29.7 Å². The first-order chi connectivity index (χ1) is 10.7. The lowest BCUT2D eigenvalue weighted by Crippen LogP contribution is -2.42. The number of halogens is 1. The Labute approximate surface area is 166 Å². The highest BCUT2D eigenvalue weighted by Gasteiger charge is 2.13. The molecule has 0 spiro atoms. The Hall–Kier alpha value is -0.0900. The predicted molar refractivity (Wildman–Crippen MR) is 115 cm³/mol. The molecular weight excluding hydrogens is 439 g/mol. The van der Waals surface area contributed by atoms with Gasteiger partial charge >= 0.3 is 0 Å². The lowest BCUT2D eigenvalue weighted by molar-refractivity contribution is 0.464. The van der Waals surface area contributed by atoms with Crippen LogP contribution >= 0.6 is 24.0 Å². The first kappa shape index (κ1) is 26.1. The van der Waals surface area contributed by atoms with Gasteiger partial charge in [-0.2, -0.15) is 0 Å². The molecule has 146 valence electrons. The third kappa shape index (κ3) is 12.3. The van der Waals surface area contributed by atoms with Crippen LogP contribution in [0.15, 0.2) is 4.99 Å². The highest BCUT2D eigenvalue weighted by atomic mass is 127. The van der Waals surface area contributed by atoms with Crippen LogP contribution in [-0.4, -0.2) is 57.2 Å². The molecule has 8 heteroatoms. The second-order valence-corrected chi connectivity index (χ2v) is 8.72. The first-order valence-corrected chi connectivity index (χ1v) is 10.3. The van der Waals surface area contributed by atoms with Crippen molar-refractivity contribution in [2.45, 2.75) is 59.9 Å². The third-order valence-corrected chi connectivity index (χ3v) is 5.51. The van der Waals surface area contributed by atoms with Crippen LogP contribution in [0.1, 0.15) is 53.9 Å². The fourth-order valence-electron chi connectivity index (χ4n) is 2.05. The van der Waals surface area contributed by atoms with Crippen molar-refractivity contribution in [3.05, 3.63) is 0 Å². The normalized spacial score (nSPS) is 13.8. The number of nitrogens with zero attached hydrogens (tertiary/aromatic N) is 2. The quantitative estimate of drug-likeness (QED) is 0.208. The molecule has 1 atom stereocenters. The lowest BCUT2D eigenvalue weighted by Gasteiger charge is -2.19. The van der Waals surface area contributed by atoms with Gasteiger partial charge in [0.05, 0.1) is 5.75 Å². The zero-order chi connectivity index (χ0) is 17.9. The van der Waals surface area contributed by atoms with Crippen molar-refractivity contribution in [3.63, 3.8) is 0 Å². The van der Waals surface area contributed by atoms with Crippen LogP contribution in [0.25, 0.3) is 0 Å². The van der Waals surface area contributed by atoms with Crippen molar-refractivity contribution in [1.29, 1.82) is 0 Å². The summed E-state index contributed by atoms with van der Waals surface area (Å²) in [7, 11) is -1.47. The minimum atomic E-state index is -3.09. The Kier molecular flexibility index (Phi) is 15.4. The van der Waals surface area contributed by atoms with Gasteiger partial charge in [0.1, 0.15) is 0 Å². The van der Waals surface area contributed by atoms with Gasteiger partial charge in [-0.15, -0.1) is 24.0 Å². The average molecular weight is 476 g/mol. The Morgan fingerprint density at radius 3 is 2.29 bits per heavy atom. The first-order valence-electron chi connectivity index (χ1n) is 8.71. The zero-order valence-electron chi connectivity index (χ0n) is 16.1. The van der Waals surface area contributed by atoms with Gasteiger partial charge in [-0.1, -0.05) is 13.8 Å². The molecular formula is C16H37IN4O2S. The minimum absolute atomic E-state index is 0. The molecule has 0 heterocycles. The Bertz CT molecular complexity index is 441. The summed E-state index contributed by atoms with van der Waals surface area (Å²) in [5, 5.41) is 6.65. The summed E-state index contributed by atoms with van der Waals surface area (Å²) < 4.78 is 24.7. The molecule has 2 N–H and O–H groups in total. The third-order valence-electron chi connectivity index (χ3n) is 3.65. The van der Waals surface area contributed by atoms with Crippen LogP contribution in [0.5, 0.6) is 0 Å². The van der Waals surface area contributed by atoms with Gasteiger partial charge in [0, 0.05) is 32.7 Å². The van der Waals surface area contributed by atoms with Crippen molar-refractivity contribution < 1.29 is 8.42 Å². The molecule has 0 aromatic rings. The number of aliphatic imine (C=N–C) groups is 1. The number of guanidine groups is 1. The zero-order valence-corrected chi connectivity index (χ0v) is 19.3. The predicted octanol–water partition coefficient (Wildman–Crippen LogP) is 2.66. The van der Waals surface area contributed by atoms with Crippen LogP contribution in [0.3, 0.4) is 0 Å². The maximum absolute atomic E-state index is 11.7. The molecule has 0 aliphatic carbocycles. The van der Waals surface area contributed by atoms with Gasteiger partial charge < -0.3 is 10.6 Å². The molecule has 0 amide bonds. The van der Waals surface area contributed by atoms with Crippen LogP contribution in [0.2, 0.25) is 0 Å². The van der Waals surface area contributed by atoms with Gasteiger partial charge in [0.25, 0.3) is 0 Å². The van der Waals surface area contributed by atoms with E-state index in [1.165, 1.54) is 10.7 Å². The van der Waals surface area contributed by atoms with E-state index < -0.39 is 10.0 Å². The fourth-order valence-corrected chi connectivity index (χ4v) is 2.90. The van der Waals surface area contributed by atoms with Crippen LogP contribution in [0, 0.1) is 5.92 Å². The molecule has 0 bridgehead atoms. The highest BCUT2D eigenvalue weighted by molar-refractivity contribution is 14.0. The molecule has 0 aromatic carbocycles.